The summed E-state index contributed by atoms with van der Waals surface area (Å²) in [6, 6.07) is 1.54. The van der Waals surface area contributed by atoms with E-state index in [1.807, 2.05) is 6.92 Å². The minimum absolute atomic E-state index is 0.0835. The van der Waals surface area contributed by atoms with Crippen molar-refractivity contribution >= 4 is 10.0 Å². The molecule has 6 heteroatoms. The number of sulfonamides is 1. The van der Waals surface area contributed by atoms with Gasteiger partial charge in [-0.1, -0.05) is 19.8 Å². The maximum Gasteiger partial charge on any atom is 0.242 e. The van der Waals surface area contributed by atoms with Crippen LogP contribution in [0.2, 0.25) is 0 Å². The molecule has 0 spiro atoms. The van der Waals surface area contributed by atoms with Crippen LogP contribution >= 0.6 is 0 Å². The molecule has 0 atom stereocenters. The normalized spacial score (nSPS) is 18.6. The molecule has 114 valence electrons. The number of hydrogen-bond donors (Lipinski definition) is 2. The van der Waals surface area contributed by atoms with Crippen LogP contribution in [0.3, 0.4) is 0 Å². The second-order valence-corrected chi connectivity index (χ2v) is 7.72. The zero-order valence-corrected chi connectivity index (χ0v) is 13.0. The average molecular weight is 300 g/mol. The van der Waals surface area contributed by atoms with Crippen molar-refractivity contribution in [3.05, 3.63) is 18.0 Å². The molecule has 1 fully saturated rings. The number of rotatable bonds is 6. The molecule has 0 aromatic carbocycles. The molecule has 0 amide bonds. The van der Waals surface area contributed by atoms with Crippen molar-refractivity contribution in [2.75, 3.05) is 6.54 Å². The van der Waals surface area contributed by atoms with E-state index in [0.29, 0.717) is 18.8 Å². The van der Waals surface area contributed by atoms with E-state index < -0.39 is 10.0 Å². The van der Waals surface area contributed by atoms with Gasteiger partial charge < -0.3 is 9.67 Å². The average Bonchev–Trinajstić information content (AvgIpc) is 3.03. The molecule has 0 aliphatic heterocycles. The second kappa shape index (κ2) is 5.87. The molecule has 0 bridgehead atoms. The Morgan fingerprint density at radius 2 is 2.05 bits per heavy atom. The Morgan fingerprint density at radius 3 is 2.55 bits per heavy atom. The van der Waals surface area contributed by atoms with Crippen molar-refractivity contribution in [3.63, 3.8) is 0 Å². The first kappa shape index (κ1) is 15.5. The molecule has 1 aromatic rings. The smallest absolute Gasteiger partial charge is 0.242 e. The summed E-state index contributed by atoms with van der Waals surface area (Å²) in [6.07, 6.45) is 6.10. The topological polar surface area (TPSA) is 71.3 Å². The Kier molecular flexibility index (Phi) is 4.56. The standard InChI is InChI=1S/C14H24N2O3S/c1-3-16-9-13(8-12(16)10-17)20(18,19)15-11-14(2)6-4-5-7-14/h8-9,15,17H,3-7,10-11H2,1-2H3. The van der Waals surface area contributed by atoms with Gasteiger partial charge in [0.2, 0.25) is 10.0 Å². The van der Waals surface area contributed by atoms with Crippen LogP contribution in [0.4, 0.5) is 0 Å². The first-order chi connectivity index (χ1) is 9.40. The van der Waals surface area contributed by atoms with Crippen LogP contribution in [0, 0.1) is 5.41 Å². The second-order valence-electron chi connectivity index (χ2n) is 5.95. The highest BCUT2D eigenvalue weighted by molar-refractivity contribution is 7.89. The molecule has 20 heavy (non-hydrogen) atoms. The summed E-state index contributed by atoms with van der Waals surface area (Å²) < 4.78 is 29.1. The number of aromatic nitrogens is 1. The van der Waals surface area contributed by atoms with E-state index in [0.717, 1.165) is 12.8 Å². The zero-order chi connectivity index (χ0) is 14.8. The van der Waals surface area contributed by atoms with E-state index in [2.05, 4.69) is 11.6 Å². The van der Waals surface area contributed by atoms with Gasteiger partial charge in [-0.2, -0.15) is 0 Å². The van der Waals surface area contributed by atoms with Crippen molar-refractivity contribution in [3.8, 4) is 0 Å². The highest BCUT2D eigenvalue weighted by Gasteiger charge is 2.30. The minimum atomic E-state index is -3.49. The van der Waals surface area contributed by atoms with Crippen molar-refractivity contribution in [2.45, 2.75) is 57.6 Å². The maximum atomic E-state index is 12.3. The van der Waals surface area contributed by atoms with Gasteiger partial charge >= 0.3 is 0 Å². The number of nitrogens with zero attached hydrogens (tertiary/aromatic N) is 1. The fourth-order valence-corrected chi connectivity index (χ4v) is 4.12. The van der Waals surface area contributed by atoms with E-state index in [1.54, 1.807) is 16.8 Å². The highest BCUT2D eigenvalue weighted by atomic mass is 32.2. The van der Waals surface area contributed by atoms with E-state index in [9.17, 15) is 13.5 Å². The quantitative estimate of drug-likeness (QED) is 0.842. The molecule has 1 aliphatic rings. The lowest BCUT2D eigenvalue weighted by Crippen LogP contribution is -2.34. The molecule has 1 saturated carbocycles. The fourth-order valence-electron chi connectivity index (χ4n) is 2.86. The molecule has 0 saturated heterocycles. The monoisotopic (exact) mass is 300 g/mol. The van der Waals surface area contributed by atoms with Crippen LogP contribution in [0.1, 0.15) is 45.2 Å². The van der Waals surface area contributed by atoms with Gasteiger partial charge in [0.05, 0.1) is 11.5 Å². The number of aliphatic hydroxyl groups excluding tert-OH is 1. The van der Waals surface area contributed by atoms with Gasteiger partial charge in [0.15, 0.2) is 0 Å². The molecular formula is C14H24N2O3S. The third-order valence-electron chi connectivity index (χ3n) is 4.27. The van der Waals surface area contributed by atoms with Gasteiger partial charge in [-0.15, -0.1) is 0 Å². The summed E-state index contributed by atoms with van der Waals surface area (Å²) >= 11 is 0. The Balaban J connectivity index is 2.11. The van der Waals surface area contributed by atoms with Crippen LogP contribution in [0.15, 0.2) is 17.2 Å². The number of nitrogens with one attached hydrogen (secondary N) is 1. The van der Waals surface area contributed by atoms with Gasteiger partial charge in [-0.25, -0.2) is 13.1 Å². The number of aliphatic hydroxyl groups is 1. The third-order valence-corrected chi connectivity index (χ3v) is 5.64. The summed E-state index contributed by atoms with van der Waals surface area (Å²) in [5.74, 6) is 0. The third kappa shape index (κ3) is 3.24. The van der Waals surface area contributed by atoms with Gasteiger partial charge in [-0.3, -0.25) is 0 Å². The Morgan fingerprint density at radius 1 is 1.40 bits per heavy atom. The fraction of sp³-hybridized carbons (Fsp3) is 0.714. The Labute approximate surface area is 121 Å². The van der Waals surface area contributed by atoms with Crippen molar-refractivity contribution in [1.82, 2.24) is 9.29 Å². The van der Waals surface area contributed by atoms with Crippen molar-refractivity contribution in [2.24, 2.45) is 5.41 Å². The largest absolute Gasteiger partial charge is 0.390 e. The lowest BCUT2D eigenvalue weighted by Gasteiger charge is -2.23. The maximum absolute atomic E-state index is 12.3. The van der Waals surface area contributed by atoms with Crippen molar-refractivity contribution < 1.29 is 13.5 Å². The summed E-state index contributed by atoms with van der Waals surface area (Å²) in [6.45, 7) is 5.03. The molecule has 1 heterocycles. The molecule has 1 aliphatic carbocycles. The lowest BCUT2D eigenvalue weighted by atomic mass is 9.89. The predicted molar refractivity (Wildman–Crippen MR) is 77.8 cm³/mol. The molecule has 2 rings (SSSR count). The summed E-state index contributed by atoms with van der Waals surface area (Å²) in [7, 11) is -3.49. The van der Waals surface area contributed by atoms with Gasteiger partial charge in [0, 0.05) is 25.0 Å². The van der Waals surface area contributed by atoms with Gasteiger partial charge in [0.1, 0.15) is 0 Å². The summed E-state index contributed by atoms with van der Waals surface area (Å²) in [5.41, 5.74) is 0.708. The summed E-state index contributed by atoms with van der Waals surface area (Å²) in [5, 5.41) is 9.24. The molecule has 2 N–H and O–H groups in total. The van der Waals surface area contributed by atoms with Gasteiger partial charge in [0.25, 0.3) is 0 Å². The Bertz CT molecular complexity index is 535. The van der Waals surface area contributed by atoms with Crippen LogP contribution in [-0.2, 0) is 23.2 Å². The minimum Gasteiger partial charge on any atom is -0.390 e. The molecule has 5 nitrogen and oxygen atoms in total. The van der Waals surface area contributed by atoms with E-state index in [1.165, 1.54) is 12.8 Å². The lowest BCUT2D eigenvalue weighted by molar-refractivity contribution is 0.271. The molecule has 0 unspecified atom stereocenters. The first-order valence-corrected chi connectivity index (χ1v) is 8.68. The SMILES string of the molecule is CCn1cc(S(=O)(=O)NCC2(C)CCCC2)cc1CO. The van der Waals surface area contributed by atoms with Crippen LogP contribution in [0.5, 0.6) is 0 Å². The predicted octanol–water partition coefficient (Wildman–Crippen LogP) is 1.86. The van der Waals surface area contributed by atoms with Crippen LogP contribution in [-0.4, -0.2) is 24.6 Å². The first-order valence-electron chi connectivity index (χ1n) is 7.20. The van der Waals surface area contributed by atoms with E-state index in [-0.39, 0.29) is 16.9 Å². The van der Waals surface area contributed by atoms with E-state index in [4.69, 9.17) is 0 Å². The van der Waals surface area contributed by atoms with Gasteiger partial charge in [-0.05, 0) is 31.2 Å². The molecule has 0 radical (unpaired) electrons. The summed E-state index contributed by atoms with van der Waals surface area (Å²) in [4.78, 5) is 0.241. The van der Waals surface area contributed by atoms with E-state index >= 15 is 0 Å². The molecule has 1 aromatic heterocycles. The number of aryl methyl sites for hydroxylation is 1. The van der Waals surface area contributed by atoms with Crippen LogP contribution in [0.25, 0.3) is 0 Å². The molecular weight excluding hydrogens is 276 g/mol. The Hall–Kier alpha value is -0.850. The zero-order valence-electron chi connectivity index (χ0n) is 12.2. The number of hydrogen-bond acceptors (Lipinski definition) is 3. The van der Waals surface area contributed by atoms with Crippen molar-refractivity contribution in [1.29, 1.82) is 0 Å². The highest BCUT2D eigenvalue weighted by Crippen LogP contribution is 2.37. The van der Waals surface area contributed by atoms with Crippen LogP contribution < -0.4 is 4.72 Å².